The van der Waals surface area contributed by atoms with Crippen LogP contribution in [-0.2, 0) is 0 Å². The number of amides is 2. The molecule has 2 aromatic carbocycles. The Balaban J connectivity index is 1.76. The number of rotatable bonds is 2. The van der Waals surface area contributed by atoms with E-state index in [4.69, 9.17) is 0 Å². The molecular weight excluding hydrogens is 302 g/mol. The quantitative estimate of drug-likeness (QED) is 0.878. The van der Waals surface area contributed by atoms with Crippen molar-refractivity contribution in [3.05, 3.63) is 59.7 Å². The van der Waals surface area contributed by atoms with Crippen LogP contribution in [0.3, 0.4) is 0 Å². The van der Waals surface area contributed by atoms with Crippen LogP contribution in [0.5, 0.6) is 5.75 Å². The summed E-state index contributed by atoms with van der Waals surface area (Å²) in [5, 5.41) is 11.8. The number of carbonyl (C=O) groups is 1. The average molecular weight is 318 g/mol. The molecule has 2 amide bonds. The number of halogens is 2. The molecule has 0 radical (unpaired) electrons. The first-order valence-corrected chi connectivity index (χ1v) is 7.36. The van der Waals surface area contributed by atoms with Gasteiger partial charge in [0, 0.05) is 12.6 Å². The van der Waals surface area contributed by atoms with E-state index in [0.717, 1.165) is 30.5 Å². The molecule has 1 saturated heterocycles. The number of nitrogens with one attached hydrogen (secondary N) is 1. The highest BCUT2D eigenvalue weighted by molar-refractivity contribution is 5.90. The van der Waals surface area contributed by atoms with Gasteiger partial charge in [-0.05, 0) is 42.7 Å². The van der Waals surface area contributed by atoms with Crippen LogP contribution in [0, 0.1) is 11.6 Å². The molecular formula is C17H16F2N2O2. The van der Waals surface area contributed by atoms with Crippen LogP contribution in [0.2, 0.25) is 0 Å². The Bertz CT molecular complexity index is 719. The monoisotopic (exact) mass is 318 g/mol. The second kappa shape index (κ2) is 6.24. The Labute approximate surface area is 132 Å². The highest BCUT2D eigenvalue weighted by Gasteiger charge is 2.30. The van der Waals surface area contributed by atoms with Crippen molar-refractivity contribution in [2.75, 3.05) is 11.9 Å². The lowest BCUT2D eigenvalue weighted by molar-refractivity contribution is 0.207. The maximum Gasteiger partial charge on any atom is 0.322 e. The smallest absolute Gasteiger partial charge is 0.322 e. The summed E-state index contributed by atoms with van der Waals surface area (Å²) in [5.41, 5.74) is 0.864. The zero-order chi connectivity index (χ0) is 16.4. The molecule has 23 heavy (non-hydrogen) atoms. The van der Waals surface area contributed by atoms with E-state index < -0.39 is 17.7 Å². The van der Waals surface area contributed by atoms with Gasteiger partial charge in [-0.25, -0.2) is 13.6 Å². The highest BCUT2D eigenvalue weighted by Crippen LogP contribution is 2.33. The Kier molecular flexibility index (Phi) is 4.14. The summed E-state index contributed by atoms with van der Waals surface area (Å²) in [6, 6.07) is 9.16. The number of nitrogens with zero attached hydrogens (tertiary/aromatic N) is 1. The second-order valence-corrected chi connectivity index (χ2v) is 5.50. The lowest BCUT2D eigenvalue weighted by Gasteiger charge is -2.25. The fraction of sp³-hybridized carbons (Fsp3) is 0.235. The molecule has 0 aromatic heterocycles. The predicted molar refractivity (Wildman–Crippen MR) is 82.2 cm³/mol. The number of hydrogen-bond acceptors (Lipinski definition) is 2. The van der Waals surface area contributed by atoms with Crippen LogP contribution in [-0.4, -0.2) is 22.6 Å². The Hall–Kier alpha value is -2.63. The first-order valence-electron chi connectivity index (χ1n) is 7.36. The van der Waals surface area contributed by atoms with E-state index in [1.807, 2.05) is 0 Å². The summed E-state index contributed by atoms with van der Waals surface area (Å²) < 4.78 is 26.6. The summed E-state index contributed by atoms with van der Waals surface area (Å²) in [4.78, 5) is 14.0. The molecule has 0 aliphatic carbocycles. The zero-order valence-corrected chi connectivity index (χ0v) is 12.3. The number of phenols is 1. The molecule has 1 heterocycles. The molecule has 0 bridgehead atoms. The van der Waals surface area contributed by atoms with Gasteiger partial charge in [0.25, 0.3) is 0 Å². The van der Waals surface area contributed by atoms with Gasteiger partial charge in [0.15, 0.2) is 0 Å². The van der Waals surface area contributed by atoms with Gasteiger partial charge in [0.05, 0.1) is 11.7 Å². The Morgan fingerprint density at radius 2 is 1.91 bits per heavy atom. The summed E-state index contributed by atoms with van der Waals surface area (Å²) in [7, 11) is 0. The minimum absolute atomic E-state index is 0.0484. The normalized spacial score (nSPS) is 17.3. The van der Waals surface area contributed by atoms with Crippen molar-refractivity contribution < 1.29 is 18.7 Å². The van der Waals surface area contributed by atoms with Gasteiger partial charge in [0.2, 0.25) is 0 Å². The topological polar surface area (TPSA) is 52.6 Å². The molecule has 1 atom stereocenters. The van der Waals surface area contributed by atoms with E-state index in [1.165, 1.54) is 6.07 Å². The molecule has 3 rings (SSSR count). The molecule has 2 N–H and O–H groups in total. The molecule has 2 aromatic rings. The third-order valence-corrected chi connectivity index (χ3v) is 3.96. The van der Waals surface area contributed by atoms with Gasteiger partial charge in [-0.2, -0.15) is 0 Å². The maximum atomic E-state index is 13.7. The van der Waals surface area contributed by atoms with E-state index in [-0.39, 0.29) is 17.5 Å². The van der Waals surface area contributed by atoms with E-state index in [9.17, 15) is 18.7 Å². The summed E-state index contributed by atoms with van der Waals surface area (Å²) in [5.74, 6) is -1.33. The van der Waals surface area contributed by atoms with Crippen LogP contribution in [0.15, 0.2) is 42.5 Å². The van der Waals surface area contributed by atoms with Gasteiger partial charge < -0.3 is 15.3 Å². The van der Waals surface area contributed by atoms with Crippen LogP contribution in [0.4, 0.5) is 19.3 Å². The molecule has 6 heteroatoms. The number of anilines is 1. The number of carbonyl (C=O) groups excluding carboxylic acids is 1. The van der Waals surface area contributed by atoms with Crippen molar-refractivity contribution in [1.82, 2.24) is 4.90 Å². The number of phenolic OH excluding ortho intramolecular Hbond substituents is 1. The molecule has 1 fully saturated rings. The Morgan fingerprint density at radius 1 is 1.17 bits per heavy atom. The molecule has 0 saturated carbocycles. The third-order valence-electron chi connectivity index (χ3n) is 3.96. The molecule has 1 aliphatic rings. The Morgan fingerprint density at radius 3 is 2.61 bits per heavy atom. The fourth-order valence-electron chi connectivity index (χ4n) is 2.83. The molecule has 1 unspecified atom stereocenters. The molecule has 1 aliphatic heterocycles. The van der Waals surface area contributed by atoms with Crippen molar-refractivity contribution in [3.63, 3.8) is 0 Å². The summed E-state index contributed by atoms with van der Waals surface area (Å²) in [6.45, 7) is 0.556. The summed E-state index contributed by atoms with van der Waals surface area (Å²) in [6.07, 6.45) is 1.63. The van der Waals surface area contributed by atoms with Gasteiger partial charge in [-0.1, -0.05) is 12.1 Å². The van der Waals surface area contributed by atoms with Crippen LogP contribution in [0.1, 0.15) is 24.4 Å². The largest absolute Gasteiger partial charge is 0.508 e. The lowest BCUT2D eigenvalue weighted by atomic mass is 10.0. The van der Waals surface area contributed by atoms with Crippen molar-refractivity contribution in [2.24, 2.45) is 0 Å². The SMILES string of the molecule is O=C(Nc1ccc(F)cc1F)N1CCCC1c1ccc(O)cc1. The minimum Gasteiger partial charge on any atom is -0.508 e. The molecule has 120 valence electrons. The molecule has 0 spiro atoms. The van der Waals surface area contributed by atoms with E-state index in [1.54, 1.807) is 29.2 Å². The van der Waals surface area contributed by atoms with Gasteiger partial charge in [-0.15, -0.1) is 0 Å². The number of urea groups is 1. The lowest BCUT2D eigenvalue weighted by Crippen LogP contribution is -2.34. The average Bonchev–Trinajstić information content (AvgIpc) is 3.00. The zero-order valence-electron chi connectivity index (χ0n) is 12.3. The molecule has 4 nitrogen and oxygen atoms in total. The summed E-state index contributed by atoms with van der Waals surface area (Å²) >= 11 is 0. The van der Waals surface area contributed by atoms with Gasteiger partial charge in [-0.3, -0.25) is 0 Å². The highest BCUT2D eigenvalue weighted by atomic mass is 19.1. The number of likely N-dealkylation sites (tertiary alicyclic amines) is 1. The van der Waals surface area contributed by atoms with Crippen molar-refractivity contribution in [1.29, 1.82) is 0 Å². The van der Waals surface area contributed by atoms with Crippen LogP contribution >= 0.6 is 0 Å². The van der Waals surface area contributed by atoms with E-state index in [0.29, 0.717) is 6.54 Å². The first-order chi connectivity index (χ1) is 11.0. The maximum absolute atomic E-state index is 13.7. The number of hydrogen-bond donors (Lipinski definition) is 2. The van der Waals surface area contributed by atoms with Crippen molar-refractivity contribution in [3.8, 4) is 5.75 Å². The van der Waals surface area contributed by atoms with Gasteiger partial charge >= 0.3 is 6.03 Å². The minimum atomic E-state index is -0.807. The van der Waals surface area contributed by atoms with E-state index in [2.05, 4.69) is 5.32 Å². The van der Waals surface area contributed by atoms with Crippen molar-refractivity contribution in [2.45, 2.75) is 18.9 Å². The van der Waals surface area contributed by atoms with Crippen molar-refractivity contribution >= 4 is 11.7 Å². The number of benzene rings is 2. The van der Waals surface area contributed by atoms with Crippen LogP contribution in [0.25, 0.3) is 0 Å². The van der Waals surface area contributed by atoms with Crippen LogP contribution < -0.4 is 5.32 Å². The predicted octanol–water partition coefficient (Wildman–Crippen LogP) is 4.04. The van der Waals surface area contributed by atoms with Gasteiger partial charge in [0.1, 0.15) is 17.4 Å². The third kappa shape index (κ3) is 3.26. The number of aromatic hydroxyl groups is 1. The van der Waals surface area contributed by atoms with E-state index >= 15 is 0 Å². The second-order valence-electron chi connectivity index (χ2n) is 5.50. The fourth-order valence-corrected chi connectivity index (χ4v) is 2.83. The standard InChI is InChI=1S/C17H16F2N2O2/c18-12-5-8-15(14(19)10-12)20-17(23)21-9-1-2-16(21)11-3-6-13(22)7-4-11/h3-8,10,16,22H,1-2,9H2,(H,20,23). The first kappa shape index (κ1) is 15.3.